The van der Waals surface area contributed by atoms with E-state index in [1.54, 1.807) is 0 Å². The number of carboxylic acids is 1. The highest BCUT2D eigenvalue weighted by Gasteiger charge is 2.37. The van der Waals surface area contributed by atoms with Crippen molar-refractivity contribution in [2.45, 2.75) is 63.2 Å². The van der Waals surface area contributed by atoms with Gasteiger partial charge in [-0.05, 0) is 26.2 Å². The minimum absolute atomic E-state index is 0.0587. The molecule has 1 aromatic heterocycles. The van der Waals surface area contributed by atoms with Crippen LogP contribution in [0.5, 0.6) is 0 Å². The van der Waals surface area contributed by atoms with E-state index in [9.17, 15) is 29.1 Å². The highest BCUT2D eigenvalue weighted by molar-refractivity contribution is 5.94. The number of nitrogens with zero attached hydrogens (tertiary/aromatic N) is 2. The molecule has 8 N–H and O–H groups in total. The third-order valence-electron chi connectivity index (χ3n) is 5.13. The lowest BCUT2D eigenvalue weighted by Gasteiger charge is -2.28. The summed E-state index contributed by atoms with van der Waals surface area (Å²) >= 11 is 0. The van der Waals surface area contributed by atoms with Gasteiger partial charge in [0, 0.05) is 31.3 Å². The monoisotopic (exact) mass is 451 g/mol. The minimum atomic E-state index is -1.29. The normalized spacial score (nSPS) is 18.4. The van der Waals surface area contributed by atoms with Crippen LogP contribution in [-0.4, -0.2) is 80.3 Å². The Hall–Kier alpha value is -3.48. The number of rotatable bonds is 11. The van der Waals surface area contributed by atoms with Gasteiger partial charge in [-0.3, -0.25) is 19.2 Å². The predicted octanol–water partition coefficient (Wildman–Crippen LogP) is -2.39. The van der Waals surface area contributed by atoms with Crippen molar-refractivity contribution in [3.63, 3.8) is 0 Å². The Bertz CT molecular complexity index is 841. The minimum Gasteiger partial charge on any atom is -0.480 e. The van der Waals surface area contributed by atoms with Crippen molar-refractivity contribution < 1.29 is 29.1 Å². The molecule has 13 nitrogen and oxygen atoms in total. The number of amides is 4. The number of hydrogen-bond acceptors (Lipinski definition) is 7. The van der Waals surface area contributed by atoms with E-state index in [2.05, 4.69) is 20.6 Å². The molecule has 0 radical (unpaired) electrons. The number of carboxylic acid groups (broad SMARTS) is 1. The van der Waals surface area contributed by atoms with E-state index in [0.29, 0.717) is 25.1 Å². The molecule has 4 amide bonds. The fourth-order valence-corrected chi connectivity index (χ4v) is 3.48. The summed E-state index contributed by atoms with van der Waals surface area (Å²) in [7, 11) is 0. The number of carbonyl (C=O) groups excluding carboxylic acids is 4. The van der Waals surface area contributed by atoms with Crippen LogP contribution in [0.25, 0.3) is 0 Å². The second kappa shape index (κ2) is 11.2. The van der Waals surface area contributed by atoms with Gasteiger partial charge in [0.2, 0.25) is 23.6 Å². The molecular weight excluding hydrogens is 422 g/mol. The largest absolute Gasteiger partial charge is 0.480 e. The van der Waals surface area contributed by atoms with Crippen molar-refractivity contribution in [3.05, 3.63) is 18.2 Å². The van der Waals surface area contributed by atoms with Gasteiger partial charge < -0.3 is 37.1 Å². The Labute approximate surface area is 184 Å². The zero-order valence-corrected chi connectivity index (χ0v) is 17.7. The predicted molar refractivity (Wildman–Crippen MR) is 111 cm³/mol. The SMILES string of the molecule is CC(N)C(=O)N1CCCC1C(=O)NC(CCC(N)=O)C(=O)NC(Cc1cnc[nH]1)C(=O)O. The first kappa shape index (κ1) is 24.8. The molecule has 1 saturated heterocycles. The second-order valence-electron chi connectivity index (χ2n) is 7.72. The zero-order chi connectivity index (χ0) is 23.8. The fraction of sp³-hybridized carbons (Fsp3) is 0.579. The van der Waals surface area contributed by atoms with E-state index in [0.717, 1.165) is 0 Å². The van der Waals surface area contributed by atoms with Crippen LogP contribution in [-0.2, 0) is 30.4 Å². The number of aromatic amines is 1. The average Bonchev–Trinajstić information content (AvgIpc) is 3.41. The number of imidazole rings is 1. The number of nitrogens with one attached hydrogen (secondary N) is 3. The first-order valence-electron chi connectivity index (χ1n) is 10.2. The summed E-state index contributed by atoms with van der Waals surface area (Å²) in [6, 6.07) is -4.10. The van der Waals surface area contributed by atoms with Gasteiger partial charge in [-0.25, -0.2) is 9.78 Å². The third kappa shape index (κ3) is 6.77. The second-order valence-corrected chi connectivity index (χ2v) is 7.72. The molecule has 4 unspecified atom stereocenters. The van der Waals surface area contributed by atoms with Gasteiger partial charge in [0.1, 0.15) is 18.1 Å². The van der Waals surface area contributed by atoms with Crippen LogP contribution >= 0.6 is 0 Å². The summed E-state index contributed by atoms with van der Waals surface area (Å²) in [5.41, 5.74) is 11.3. The first-order valence-corrected chi connectivity index (χ1v) is 10.2. The summed E-state index contributed by atoms with van der Waals surface area (Å²) in [6.07, 6.45) is 3.41. The Morgan fingerprint density at radius 3 is 2.56 bits per heavy atom. The highest BCUT2D eigenvalue weighted by atomic mass is 16.4. The molecule has 0 aliphatic carbocycles. The molecule has 2 rings (SSSR count). The van der Waals surface area contributed by atoms with Crippen molar-refractivity contribution in [2.24, 2.45) is 11.5 Å². The van der Waals surface area contributed by atoms with Crippen LogP contribution in [0, 0.1) is 0 Å². The van der Waals surface area contributed by atoms with Gasteiger partial charge in [-0.2, -0.15) is 0 Å². The summed E-state index contributed by atoms with van der Waals surface area (Å²) in [5, 5.41) is 14.4. The van der Waals surface area contributed by atoms with Gasteiger partial charge in [-0.15, -0.1) is 0 Å². The van der Waals surface area contributed by atoms with Crippen LogP contribution in [0.2, 0.25) is 0 Å². The molecule has 4 atom stereocenters. The molecule has 13 heteroatoms. The molecule has 32 heavy (non-hydrogen) atoms. The van der Waals surface area contributed by atoms with Gasteiger partial charge >= 0.3 is 5.97 Å². The van der Waals surface area contributed by atoms with E-state index in [-0.39, 0.29) is 25.2 Å². The number of aliphatic carboxylic acids is 1. The van der Waals surface area contributed by atoms with Crippen molar-refractivity contribution in [3.8, 4) is 0 Å². The number of likely N-dealkylation sites (tertiary alicyclic amines) is 1. The number of H-pyrrole nitrogens is 1. The van der Waals surface area contributed by atoms with Gasteiger partial charge in [0.25, 0.3) is 0 Å². The molecule has 1 aromatic rings. The topological polar surface area (TPSA) is 214 Å². The average molecular weight is 451 g/mol. The Kier molecular flexibility index (Phi) is 8.70. The van der Waals surface area contributed by atoms with Crippen molar-refractivity contribution >= 4 is 29.6 Å². The standard InChI is InChI=1S/C19H29N7O6/c1-10(20)18(30)26-6-2-3-14(26)17(29)24-12(4-5-15(21)27)16(28)25-13(19(31)32)7-11-8-22-9-23-11/h8-10,12-14H,2-7,20H2,1H3,(H2,21,27)(H,22,23)(H,24,29)(H,25,28)(H,31,32). The number of nitrogens with two attached hydrogens (primary N) is 2. The first-order chi connectivity index (χ1) is 15.1. The molecule has 0 bridgehead atoms. The van der Waals surface area contributed by atoms with Crippen molar-refractivity contribution in [1.82, 2.24) is 25.5 Å². The van der Waals surface area contributed by atoms with Crippen LogP contribution in [0.3, 0.4) is 0 Å². The molecular formula is C19H29N7O6. The van der Waals surface area contributed by atoms with Crippen molar-refractivity contribution in [2.75, 3.05) is 6.54 Å². The molecule has 0 spiro atoms. The molecule has 1 aliphatic heterocycles. The highest BCUT2D eigenvalue weighted by Crippen LogP contribution is 2.18. The number of primary amides is 1. The Morgan fingerprint density at radius 1 is 1.28 bits per heavy atom. The molecule has 1 fully saturated rings. The van der Waals surface area contributed by atoms with Crippen molar-refractivity contribution in [1.29, 1.82) is 0 Å². The zero-order valence-electron chi connectivity index (χ0n) is 17.7. The van der Waals surface area contributed by atoms with Crippen LogP contribution < -0.4 is 22.1 Å². The van der Waals surface area contributed by atoms with E-state index >= 15 is 0 Å². The number of aromatic nitrogens is 2. The lowest BCUT2D eigenvalue weighted by Crippen LogP contribution is -2.56. The lowest BCUT2D eigenvalue weighted by atomic mass is 10.1. The van der Waals surface area contributed by atoms with Crippen LogP contribution in [0.4, 0.5) is 0 Å². The smallest absolute Gasteiger partial charge is 0.326 e. The quantitative estimate of drug-likeness (QED) is 0.213. The van der Waals surface area contributed by atoms with Crippen LogP contribution in [0.15, 0.2) is 12.5 Å². The van der Waals surface area contributed by atoms with E-state index in [1.807, 2.05) is 0 Å². The number of carbonyl (C=O) groups is 5. The molecule has 0 aromatic carbocycles. The summed E-state index contributed by atoms with van der Waals surface area (Å²) in [4.78, 5) is 68.7. The van der Waals surface area contributed by atoms with Gasteiger partial charge in [0.05, 0.1) is 12.4 Å². The fourth-order valence-electron chi connectivity index (χ4n) is 3.48. The van der Waals surface area contributed by atoms with Gasteiger partial charge in [-0.1, -0.05) is 0 Å². The molecule has 1 aliphatic rings. The summed E-state index contributed by atoms with van der Waals surface area (Å²) < 4.78 is 0. The lowest BCUT2D eigenvalue weighted by molar-refractivity contribution is -0.143. The third-order valence-corrected chi connectivity index (χ3v) is 5.13. The maximum absolute atomic E-state index is 12.8. The Morgan fingerprint density at radius 2 is 2.00 bits per heavy atom. The van der Waals surface area contributed by atoms with E-state index < -0.39 is 47.9 Å². The summed E-state index contributed by atoms with van der Waals surface area (Å²) in [6.45, 7) is 1.88. The van der Waals surface area contributed by atoms with Gasteiger partial charge in [0.15, 0.2) is 0 Å². The molecule has 176 valence electrons. The molecule has 2 heterocycles. The summed E-state index contributed by atoms with van der Waals surface area (Å²) in [5.74, 6) is -3.71. The maximum Gasteiger partial charge on any atom is 0.326 e. The number of hydrogen-bond donors (Lipinski definition) is 6. The van der Waals surface area contributed by atoms with Crippen LogP contribution in [0.1, 0.15) is 38.3 Å². The molecule has 0 saturated carbocycles. The van der Waals surface area contributed by atoms with E-state index in [4.69, 9.17) is 11.5 Å². The Balaban J connectivity index is 2.11. The maximum atomic E-state index is 12.8. The van der Waals surface area contributed by atoms with E-state index in [1.165, 1.54) is 24.3 Å².